The third-order valence-corrected chi connectivity index (χ3v) is 2.77. The van der Waals surface area contributed by atoms with Crippen LogP contribution in [0, 0.1) is 0 Å². The molecule has 2 N–H and O–H groups in total. The minimum Gasteiger partial charge on any atom is -0.494 e. The van der Waals surface area contributed by atoms with E-state index < -0.39 is 0 Å². The summed E-state index contributed by atoms with van der Waals surface area (Å²) in [6, 6.07) is 7.80. The van der Waals surface area contributed by atoms with Gasteiger partial charge in [0, 0.05) is 5.56 Å². The lowest BCUT2D eigenvalue weighted by molar-refractivity contribution is 0.317. The first-order chi connectivity index (χ1) is 7.79. The summed E-state index contributed by atoms with van der Waals surface area (Å²) in [5.74, 6) is 1.17. The molecule has 0 aliphatic rings. The highest BCUT2D eigenvalue weighted by Gasteiger charge is 2.05. The van der Waals surface area contributed by atoms with Gasteiger partial charge in [0.25, 0.3) is 0 Å². The van der Waals surface area contributed by atoms with Gasteiger partial charge < -0.3 is 10.5 Å². The Balaban J connectivity index is 2.22. The third-order valence-electron chi connectivity index (χ3n) is 2.00. The molecule has 16 heavy (non-hydrogen) atoms. The summed E-state index contributed by atoms with van der Waals surface area (Å²) in [5, 5.41) is 0.819. The number of hydrogen-bond acceptors (Lipinski definition) is 5. The van der Waals surface area contributed by atoms with Gasteiger partial charge in [-0.1, -0.05) is 19.1 Å². The fourth-order valence-electron chi connectivity index (χ4n) is 1.29. The van der Waals surface area contributed by atoms with Crippen molar-refractivity contribution in [1.82, 2.24) is 9.36 Å². The van der Waals surface area contributed by atoms with Crippen LogP contribution in [0.4, 0.5) is 5.95 Å². The van der Waals surface area contributed by atoms with Crippen molar-refractivity contribution in [3.63, 3.8) is 0 Å². The lowest BCUT2D eigenvalue weighted by Crippen LogP contribution is -1.94. The van der Waals surface area contributed by atoms with Crippen LogP contribution in [0.5, 0.6) is 5.75 Å². The highest BCUT2D eigenvalue weighted by atomic mass is 32.1. The molecular formula is C11H13N3OS. The molecule has 0 aliphatic carbocycles. The number of rotatable bonds is 4. The second-order valence-corrected chi connectivity index (χ2v) is 4.09. The molecule has 0 saturated carbocycles. The number of nitrogen functional groups attached to an aromatic ring is 1. The Kier molecular flexibility index (Phi) is 3.36. The molecule has 1 aromatic heterocycles. The molecule has 2 rings (SSSR count). The number of nitrogens with zero attached hydrogens (tertiary/aromatic N) is 2. The summed E-state index contributed by atoms with van der Waals surface area (Å²) in [6.07, 6.45) is 0.996. The SMILES string of the molecule is CCCOc1cccc(-c2nc(N)ns2)c1. The molecule has 5 heteroatoms. The van der Waals surface area contributed by atoms with Crippen LogP contribution >= 0.6 is 11.5 Å². The van der Waals surface area contributed by atoms with Crippen LogP contribution in [0.15, 0.2) is 24.3 Å². The molecule has 84 valence electrons. The summed E-state index contributed by atoms with van der Waals surface area (Å²) >= 11 is 1.29. The number of anilines is 1. The summed E-state index contributed by atoms with van der Waals surface area (Å²) in [4.78, 5) is 4.13. The van der Waals surface area contributed by atoms with E-state index in [1.54, 1.807) is 0 Å². The van der Waals surface area contributed by atoms with Crippen LogP contribution in [0.25, 0.3) is 10.6 Å². The van der Waals surface area contributed by atoms with E-state index in [4.69, 9.17) is 10.5 Å². The first-order valence-corrected chi connectivity index (χ1v) is 5.89. The molecule has 0 aliphatic heterocycles. The van der Waals surface area contributed by atoms with Gasteiger partial charge in [0.05, 0.1) is 6.61 Å². The normalized spacial score (nSPS) is 10.3. The maximum atomic E-state index is 5.55. The standard InChI is InChI=1S/C11H13N3OS/c1-2-6-15-9-5-3-4-8(7-9)10-13-11(12)14-16-10/h3-5,7H,2,6H2,1H3,(H2,12,14). The quantitative estimate of drug-likeness (QED) is 0.884. The van der Waals surface area contributed by atoms with Crippen LogP contribution in [0.1, 0.15) is 13.3 Å². The van der Waals surface area contributed by atoms with Crippen LogP contribution in [-0.2, 0) is 0 Å². The van der Waals surface area contributed by atoms with Crippen molar-refractivity contribution < 1.29 is 4.74 Å². The third kappa shape index (κ3) is 2.49. The highest BCUT2D eigenvalue weighted by molar-refractivity contribution is 7.09. The maximum absolute atomic E-state index is 5.55. The highest BCUT2D eigenvalue weighted by Crippen LogP contribution is 2.25. The molecule has 4 nitrogen and oxygen atoms in total. The van der Waals surface area contributed by atoms with Crippen molar-refractivity contribution in [2.75, 3.05) is 12.3 Å². The molecule has 1 heterocycles. The zero-order valence-corrected chi connectivity index (χ0v) is 9.83. The van der Waals surface area contributed by atoms with Crippen LogP contribution < -0.4 is 10.5 Å². The van der Waals surface area contributed by atoms with E-state index in [-0.39, 0.29) is 0 Å². The van der Waals surface area contributed by atoms with E-state index in [1.807, 2.05) is 24.3 Å². The minimum absolute atomic E-state index is 0.319. The molecule has 0 atom stereocenters. The van der Waals surface area contributed by atoms with Gasteiger partial charge in [-0.05, 0) is 30.1 Å². The maximum Gasteiger partial charge on any atom is 0.232 e. The molecule has 0 saturated heterocycles. The monoisotopic (exact) mass is 235 g/mol. The van der Waals surface area contributed by atoms with Gasteiger partial charge in [0.15, 0.2) is 0 Å². The largest absolute Gasteiger partial charge is 0.494 e. The molecule has 0 spiro atoms. The molecule has 2 aromatic rings. The Hall–Kier alpha value is -1.62. The summed E-state index contributed by atoms with van der Waals surface area (Å²) in [5.41, 5.74) is 6.48. The van der Waals surface area contributed by atoms with Crippen molar-refractivity contribution >= 4 is 17.5 Å². The predicted molar refractivity (Wildman–Crippen MR) is 65.5 cm³/mol. The Morgan fingerprint density at radius 3 is 3.00 bits per heavy atom. The number of ether oxygens (including phenoxy) is 1. The Labute approximate surface area is 98.3 Å². The van der Waals surface area contributed by atoms with Crippen molar-refractivity contribution in [1.29, 1.82) is 0 Å². The van der Waals surface area contributed by atoms with Crippen molar-refractivity contribution in [3.8, 4) is 16.3 Å². The first kappa shape index (κ1) is 10.9. The van der Waals surface area contributed by atoms with E-state index in [0.717, 1.165) is 29.3 Å². The number of hydrogen-bond donors (Lipinski definition) is 1. The van der Waals surface area contributed by atoms with Crippen molar-refractivity contribution in [2.24, 2.45) is 0 Å². The minimum atomic E-state index is 0.319. The number of benzene rings is 1. The zero-order chi connectivity index (χ0) is 11.4. The molecular weight excluding hydrogens is 222 g/mol. The number of nitrogens with two attached hydrogens (primary N) is 1. The van der Waals surface area contributed by atoms with E-state index in [1.165, 1.54) is 11.5 Å². The first-order valence-electron chi connectivity index (χ1n) is 5.12. The second kappa shape index (κ2) is 4.94. The molecule has 0 amide bonds. The number of aromatic nitrogens is 2. The van der Waals surface area contributed by atoms with Gasteiger partial charge in [-0.2, -0.15) is 9.36 Å². The lowest BCUT2D eigenvalue weighted by atomic mass is 10.2. The molecule has 0 radical (unpaired) electrons. The second-order valence-electron chi connectivity index (χ2n) is 3.33. The van der Waals surface area contributed by atoms with Gasteiger partial charge in [-0.25, -0.2) is 0 Å². The topological polar surface area (TPSA) is 61.0 Å². The zero-order valence-electron chi connectivity index (χ0n) is 9.01. The van der Waals surface area contributed by atoms with Crippen molar-refractivity contribution in [3.05, 3.63) is 24.3 Å². The Morgan fingerprint density at radius 1 is 1.44 bits per heavy atom. The van der Waals surface area contributed by atoms with Gasteiger partial charge in [0.1, 0.15) is 10.8 Å². The van der Waals surface area contributed by atoms with Crippen LogP contribution in [-0.4, -0.2) is 16.0 Å². The van der Waals surface area contributed by atoms with E-state index in [2.05, 4.69) is 16.3 Å². The van der Waals surface area contributed by atoms with Gasteiger partial charge in [-0.3, -0.25) is 0 Å². The smallest absolute Gasteiger partial charge is 0.232 e. The fraction of sp³-hybridized carbons (Fsp3) is 0.273. The summed E-state index contributed by atoms with van der Waals surface area (Å²) < 4.78 is 9.50. The van der Waals surface area contributed by atoms with E-state index in [9.17, 15) is 0 Å². The Morgan fingerprint density at radius 2 is 2.31 bits per heavy atom. The molecule has 0 unspecified atom stereocenters. The molecule has 0 bridgehead atoms. The average molecular weight is 235 g/mol. The van der Waals surface area contributed by atoms with E-state index in [0.29, 0.717) is 5.95 Å². The van der Waals surface area contributed by atoms with Gasteiger partial charge >= 0.3 is 0 Å². The van der Waals surface area contributed by atoms with E-state index >= 15 is 0 Å². The summed E-state index contributed by atoms with van der Waals surface area (Å²) in [6.45, 7) is 2.80. The predicted octanol–water partition coefficient (Wildman–Crippen LogP) is 2.58. The van der Waals surface area contributed by atoms with Crippen LogP contribution in [0.2, 0.25) is 0 Å². The fourth-order valence-corrected chi connectivity index (χ4v) is 1.88. The average Bonchev–Trinajstić information content (AvgIpc) is 2.74. The van der Waals surface area contributed by atoms with Crippen molar-refractivity contribution in [2.45, 2.75) is 13.3 Å². The van der Waals surface area contributed by atoms with Crippen LogP contribution in [0.3, 0.4) is 0 Å². The molecule has 0 fully saturated rings. The lowest BCUT2D eigenvalue weighted by Gasteiger charge is -2.04. The Bertz CT molecular complexity index is 470. The van der Waals surface area contributed by atoms with Gasteiger partial charge in [-0.15, -0.1) is 0 Å². The molecule has 1 aromatic carbocycles. The van der Waals surface area contributed by atoms with Gasteiger partial charge in [0.2, 0.25) is 5.95 Å². The summed E-state index contributed by atoms with van der Waals surface area (Å²) in [7, 11) is 0.